The number of methoxy groups -OCH3 is 1. The van der Waals surface area contributed by atoms with Crippen LogP contribution in [0, 0.1) is 0 Å². The van der Waals surface area contributed by atoms with Crippen molar-refractivity contribution in [3.05, 3.63) is 54.6 Å². The van der Waals surface area contributed by atoms with Gasteiger partial charge in [-0.05, 0) is 63.6 Å². The minimum absolute atomic E-state index is 0.454. The van der Waals surface area contributed by atoms with Gasteiger partial charge in [0.15, 0.2) is 0 Å². The molecule has 2 aromatic carbocycles. The van der Waals surface area contributed by atoms with Crippen LogP contribution in [0.5, 0.6) is 5.75 Å². The molecule has 6 heteroatoms. The van der Waals surface area contributed by atoms with Crippen LogP contribution in [0.4, 0.5) is 21.5 Å². The normalized spacial score (nSPS) is 11.5. The van der Waals surface area contributed by atoms with Crippen molar-refractivity contribution >= 4 is 29.0 Å². The van der Waals surface area contributed by atoms with Gasteiger partial charge >= 0.3 is 0 Å². The Hall–Kier alpha value is -2.86. The summed E-state index contributed by atoms with van der Waals surface area (Å²) >= 11 is 0. The highest BCUT2D eigenvalue weighted by atomic mass is 19.1. The van der Waals surface area contributed by atoms with Crippen LogP contribution >= 0.6 is 0 Å². The van der Waals surface area contributed by atoms with E-state index in [1.165, 1.54) is 0 Å². The number of rotatable bonds is 12. The Morgan fingerprint density at radius 3 is 2.47 bits per heavy atom. The van der Waals surface area contributed by atoms with E-state index in [-0.39, 0.29) is 0 Å². The second-order valence-electron chi connectivity index (χ2n) is 7.48. The average Bonchev–Trinajstić information content (AvgIpc) is 2.69. The number of halogens is 1. The van der Waals surface area contributed by atoms with E-state index in [1.807, 2.05) is 49.4 Å². The molecule has 5 nitrogen and oxygen atoms in total. The molecular formula is C24H32FN3O2. The number of hydrogen-bond acceptors (Lipinski definition) is 5. The molecule has 162 valence electrons. The molecule has 2 rings (SSSR count). The Kier molecular flexibility index (Phi) is 8.87. The molecule has 0 radical (unpaired) electrons. The van der Waals surface area contributed by atoms with E-state index in [1.54, 1.807) is 27.2 Å². The summed E-state index contributed by atoms with van der Waals surface area (Å²) in [6.45, 7) is 10.8. The molecule has 30 heavy (non-hydrogen) atoms. The number of hydrogen-bond donors (Lipinski definition) is 2. The number of alkyl halides is 1. The molecule has 0 atom stereocenters. The van der Waals surface area contributed by atoms with Crippen molar-refractivity contribution in [1.29, 1.82) is 0 Å². The highest BCUT2D eigenvalue weighted by Gasteiger charge is 2.14. The Balaban J connectivity index is 2.02. The third-order valence-electron chi connectivity index (χ3n) is 4.35. The maximum absolute atomic E-state index is 13.6. The van der Waals surface area contributed by atoms with Crippen LogP contribution < -0.4 is 15.4 Å². The summed E-state index contributed by atoms with van der Waals surface area (Å²) in [5, 5.41) is 6.55. The fraction of sp³-hybridized carbons (Fsp3) is 0.375. The molecule has 0 bridgehead atoms. The molecule has 0 amide bonds. The number of nitrogens with zero attached hydrogens (tertiary/aromatic N) is 1. The van der Waals surface area contributed by atoms with Crippen LogP contribution in [0.3, 0.4) is 0 Å². The largest absolute Gasteiger partial charge is 0.491 e. The van der Waals surface area contributed by atoms with Gasteiger partial charge in [-0.1, -0.05) is 6.58 Å². The van der Waals surface area contributed by atoms with Gasteiger partial charge in [0, 0.05) is 48.6 Å². The highest BCUT2D eigenvalue weighted by molar-refractivity contribution is 5.83. The minimum Gasteiger partial charge on any atom is -0.491 e. The molecule has 0 unspecified atom stereocenters. The Morgan fingerprint density at radius 1 is 1.13 bits per heavy atom. The first-order valence-corrected chi connectivity index (χ1v) is 10.1. The van der Waals surface area contributed by atoms with Gasteiger partial charge in [0.2, 0.25) is 0 Å². The molecular weight excluding hydrogens is 381 g/mol. The molecule has 0 fully saturated rings. The fourth-order valence-electron chi connectivity index (χ4n) is 2.76. The number of ether oxygens (including phenoxy) is 2. The predicted molar refractivity (Wildman–Crippen MR) is 125 cm³/mol. The number of benzene rings is 2. The van der Waals surface area contributed by atoms with Crippen LogP contribution in [-0.4, -0.2) is 38.8 Å². The molecule has 0 saturated carbocycles. The van der Waals surface area contributed by atoms with Crippen molar-refractivity contribution in [2.75, 3.05) is 37.5 Å². The predicted octanol–water partition coefficient (Wildman–Crippen LogP) is 6.07. The van der Waals surface area contributed by atoms with Gasteiger partial charge in [-0.3, -0.25) is 4.99 Å². The lowest BCUT2D eigenvalue weighted by atomic mass is 10.1. The average molecular weight is 414 g/mol. The van der Waals surface area contributed by atoms with Gasteiger partial charge in [-0.2, -0.15) is 0 Å². The molecule has 0 heterocycles. The summed E-state index contributed by atoms with van der Waals surface area (Å²) in [5.41, 5.74) is 3.08. The van der Waals surface area contributed by atoms with Gasteiger partial charge in [0.1, 0.15) is 18.0 Å². The van der Waals surface area contributed by atoms with Crippen LogP contribution in [0.2, 0.25) is 0 Å². The molecule has 0 aliphatic rings. The zero-order valence-electron chi connectivity index (χ0n) is 18.3. The fourth-order valence-corrected chi connectivity index (χ4v) is 2.76. The Bertz CT molecular complexity index is 843. The summed E-state index contributed by atoms with van der Waals surface area (Å²) < 4.78 is 24.3. The molecule has 2 N–H and O–H groups in total. The summed E-state index contributed by atoms with van der Waals surface area (Å²) in [6.07, 6.45) is 2.19. The lowest BCUT2D eigenvalue weighted by Gasteiger charge is -2.16. The lowest BCUT2D eigenvalue weighted by Crippen LogP contribution is -2.17. The van der Waals surface area contributed by atoms with Crippen molar-refractivity contribution in [3.8, 4) is 5.75 Å². The second-order valence-corrected chi connectivity index (χ2v) is 7.48. The van der Waals surface area contributed by atoms with Gasteiger partial charge in [0.05, 0.1) is 12.3 Å². The second kappa shape index (κ2) is 11.4. The highest BCUT2D eigenvalue weighted by Crippen LogP contribution is 2.31. The maximum Gasteiger partial charge on any atom is 0.121 e. The number of anilines is 2. The van der Waals surface area contributed by atoms with Gasteiger partial charge in [-0.15, -0.1) is 0 Å². The molecule has 0 aromatic heterocycles. The zero-order chi connectivity index (χ0) is 22.0. The summed E-state index contributed by atoms with van der Waals surface area (Å²) in [7, 11) is 1.64. The van der Waals surface area contributed by atoms with Crippen molar-refractivity contribution < 1.29 is 13.9 Å². The van der Waals surface area contributed by atoms with Crippen LogP contribution in [0.25, 0.3) is 5.70 Å². The smallest absolute Gasteiger partial charge is 0.121 e. The van der Waals surface area contributed by atoms with Crippen LogP contribution in [0.15, 0.2) is 54.0 Å². The van der Waals surface area contributed by atoms with Gasteiger partial charge < -0.3 is 20.1 Å². The SMILES string of the molecule is C=C(Nc1ccc(NCCC(C)(C)F)cc1)c1ccc(OCCOC)cc1N=CC. The first-order chi connectivity index (χ1) is 14.3. The summed E-state index contributed by atoms with van der Waals surface area (Å²) in [6, 6.07) is 13.5. The van der Waals surface area contributed by atoms with E-state index in [0.717, 1.165) is 34.1 Å². The van der Waals surface area contributed by atoms with E-state index in [9.17, 15) is 4.39 Å². The topological polar surface area (TPSA) is 54.9 Å². The monoisotopic (exact) mass is 413 g/mol. The van der Waals surface area contributed by atoms with Gasteiger partial charge in [-0.25, -0.2) is 4.39 Å². The van der Waals surface area contributed by atoms with E-state index in [0.29, 0.717) is 26.2 Å². The Morgan fingerprint density at radius 2 is 1.83 bits per heavy atom. The minimum atomic E-state index is -1.17. The van der Waals surface area contributed by atoms with Crippen molar-refractivity contribution in [2.24, 2.45) is 4.99 Å². The number of aliphatic imine (C=N–C) groups is 1. The molecule has 0 aliphatic carbocycles. The van der Waals surface area contributed by atoms with Gasteiger partial charge in [0.25, 0.3) is 0 Å². The van der Waals surface area contributed by atoms with Crippen LogP contribution in [-0.2, 0) is 4.74 Å². The first-order valence-electron chi connectivity index (χ1n) is 10.1. The summed E-state index contributed by atoms with van der Waals surface area (Å²) in [5.74, 6) is 0.732. The molecule has 0 saturated heterocycles. The van der Waals surface area contributed by atoms with Crippen molar-refractivity contribution in [1.82, 2.24) is 0 Å². The maximum atomic E-state index is 13.6. The van der Waals surface area contributed by atoms with Crippen LogP contribution in [0.1, 0.15) is 32.8 Å². The Labute approximate surface area is 179 Å². The molecule has 0 spiro atoms. The lowest BCUT2D eigenvalue weighted by molar-refractivity contribution is 0.146. The zero-order valence-corrected chi connectivity index (χ0v) is 18.3. The third-order valence-corrected chi connectivity index (χ3v) is 4.35. The standard InChI is InChI=1S/C24H32FN3O2/c1-6-26-23-17-21(30-16-15-29-5)11-12-22(23)18(2)28-20-9-7-19(8-10-20)27-14-13-24(3,4)25/h6-12,17,27-28H,2,13-16H2,1,3-5H3. The quantitative estimate of drug-likeness (QED) is 0.328. The van der Waals surface area contributed by atoms with Crippen molar-refractivity contribution in [2.45, 2.75) is 32.9 Å². The van der Waals surface area contributed by atoms with Crippen molar-refractivity contribution in [3.63, 3.8) is 0 Å². The third kappa shape index (κ3) is 7.87. The molecule has 2 aromatic rings. The number of nitrogens with one attached hydrogen (secondary N) is 2. The van der Waals surface area contributed by atoms with E-state index in [2.05, 4.69) is 22.2 Å². The van der Waals surface area contributed by atoms with E-state index < -0.39 is 5.67 Å². The summed E-state index contributed by atoms with van der Waals surface area (Å²) in [4.78, 5) is 4.45. The molecule has 0 aliphatic heterocycles. The van der Waals surface area contributed by atoms with E-state index >= 15 is 0 Å². The first kappa shape index (κ1) is 23.4. The van der Waals surface area contributed by atoms with E-state index in [4.69, 9.17) is 9.47 Å².